The topological polar surface area (TPSA) is 119 Å². The molecule has 3 N–H and O–H groups in total. The Bertz CT molecular complexity index is 669. The summed E-state index contributed by atoms with van der Waals surface area (Å²) in [5.74, 6) is -3.39. The smallest absolute Gasteiger partial charge is 0.326 e. The monoisotopic (exact) mass is 349 g/mol. The maximum absolute atomic E-state index is 13.0. The van der Waals surface area contributed by atoms with E-state index in [2.05, 4.69) is 10.6 Å². The fourth-order valence-corrected chi connectivity index (χ4v) is 2.21. The van der Waals surface area contributed by atoms with Crippen LogP contribution >= 0.6 is 0 Å². The Morgan fingerprint density at radius 1 is 1.20 bits per heavy atom. The van der Waals surface area contributed by atoms with E-state index in [0.29, 0.717) is 5.56 Å². The highest BCUT2D eigenvalue weighted by Crippen LogP contribution is 2.09. The number of hydrogen-bond donors (Lipinski definition) is 3. The fraction of sp³-hybridized carbons (Fsp3) is 0.412. The van der Waals surface area contributed by atoms with Crippen LogP contribution in [0.1, 0.15) is 25.8 Å². The third kappa shape index (κ3) is 6.99. The van der Waals surface area contributed by atoms with Gasteiger partial charge in [0.15, 0.2) is 0 Å². The third-order valence-corrected chi connectivity index (χ3v) is 3.47. The molecular formula is C17H20FN3O4. The summed E-state index contributed by atoms with van der Waals surface area (Å²) in [5.41, 5.74) is 0.604. The minimum Gasteiger partial charge on any atom is -0.480 e. The number of carboxylic acids is 1. The highest BCUT2D eigenvalue weighted by molar-refractivity contribution is 5.90. The molecule has 3 atom stereocenters. The molecule has 0 aromatic heterocycles. The van der Waals surface area contributed by atoms with Gasteiger partial charge >= 0.3 is 5.97 Å². The van der Waals surface area contributed by atoms with E-state index in [4.69, 9.17) is 5.26 Å². The van der Waals surface area contributed by atoms with Gasteiger partial charge in [-0.15, -0.1) is 0 Å². The maximum atomic E-state index is 13.0. The number of hydrogen-bond acceptors (Lipinski definition) is 4. The van der Waals surface area contributed by atoms with Gasteiger partial charge in [0.05, 0.1) is 6.07 Å². The number of halogens is 1. The molecule has 1 aromatic carbocycles. The van der Waals surface area contributed by atoms with E-state index in [-0.39, 0.29) is 12.8 Å². The Labute approximate surface area is 144 Å². The summed E-state index contributed by atoms with van der Waals surface area (Å²) >= 11 is 0. The first-order valence-electron chi connectivity index (χ1n) is 7.67. The summed E-state index contributed by atoms with van der Waals surface area (Å²) in [6, 6.07) is 5.06. The molecule has 134 valence electrons. The van der Waals surface area contributed by atoms with E-state index in [0.717, 1.165) is 0 Å². The van der Waals surface area contributed by atoms with Crippen LogP contribution in [-0.2, 0) is 20.8 Å². The van der Waals surface area contributed by atoms with Crippen molar-refractivity contribution in [1.29, 1.82) is 5.26 Å². The molecule has 0 saturated heterocycles. The lowest BCUT2D eigenvalue weighted by Gasteiger charge is -2.21. The number of aliphatic carboxylic acids is 1. The second-order valence-electron chi connectivity index (χ2n) is 5.75. The Morgan fingerprint density at radius 3 is 2.28 bits per heavy atom. The van der Waals surface area contributed by atoms with E-state index in [1.165, 1.54) is 31.2 Å². The van der Waals surface area contributed by atoms with E-state index in [1.807, 2.05) is 6.07 Å². The fourth-order valence-electron chi connectivity index (χ4n) is 2.21. The largest absolute Gasteiger partial charge is 0.480 e. The first kappa shape index (κ1) is 20.1. The first-order valence-corrected chi connectivity index (χ1v) is 7.67. The molecule has 0 radical (unpaired) electrons. The third-order valence-electron chi connectivity index (χ3n) is 3.47. The molecule has 8 heteroatoms. The van der Waals surface area contributed by atoms with Gasteiger partial charge in [-0.3, -0.25) is 9.59 Å². The van der Waals surface area contributed by atoms with Crippen LogP contribution in [-0.4, -0.2) is 35.0 Å². The number of benzene rings is 1. The number of amides is 2. The van der Waals surface area contributed by atoms with Crippen LogP contribution in [0.15, 0.2) is 24.3 Å². The molecule has 0 saturated carbocycles. The van der Waals surface area contributed by atoms with Crippen molar-refractivity contribution in [3.63, 3.8) is 0 Å². The van der Waals surface area contributed by atoms with Crippen molar-refractivity contribution in [2.24, 2.45) is 5.92 Å². The van der Waals surface area contributed by atoms with Crippen molar-refractivity contribution in [2.75, 3.05) is 0 Å². The SMILES string of the molecule is CC(=O)N[C@H](Cc1ccc(F)cc1)C(=O)N[C@H](C[C@@H](C)C#N)C(=O)O. The standard InChI is InChI=1S/C17H20FN3O4/c1-10(9-19)7-15(17(24)25)21-16(23)14(20-11(2)22)8-12-3-5-13(18)6-4-12/h3-6,10,14-15H,7-8H2,1-2H3,(H,20,22)(H,21,23)(H,24,25)/t10-,14-,15-/m1/s1. The van der Waals surface area contributed by atoms with Crippen molar-refractivity contribution in [1.82, 2.24) is 10.6 Å². The highest BCUT2D eigenvalue weighted by Gasteiger charge is 2.27. The van der Waals surface area contributed by atoms with Gasteiger partial charge in [0.25, 0.3) is 0 Å². The summed E-state index contributed by atoms with van der Waals surface area (Å²) in [6.07, 6.45) is 0.0206. The van der Waals surface area contributed by atoms with E-state index >= 15 is 0 Å². The molecule has 1 aromatic rings. The minimum atomic E-state index is -1.26. The molecule has 0 fully saturated rings. The molecule has 0 aliphatic heterocycles. The Hall–Kier alpha value is -2.95. The number of rotatable bonds is 8. The molecule has 2 amide bonds. The average molecular weight is 349 g/mol. The number of carbonyl (C=O) groups excluding carboxylic acids is 2. The van der Waals surface area contributed by atoms with Crippen LogP contribution in [0.2, 0.25) is 0 Å². The molecular weight excluding hydrogens is 329 g/mol. The molecule has 0 unspecified atom stereocenters. The van der Waals surface area contributed by atoms with Crippen LogP contribution in [0.4, 0.5) is 4.39 Å². The van der Waals surface area contributed by atoms with Crippen molar-refractivity contribution in [3.8, 4) is 6.07 Å². The molecule has 7 nitrogen and oxygen atoms in total. The van der Waals surface area contributed by atoms with Gasteiger partial charge in [0, 0.05) is 19.3 Å². The highest BCUT2D eigenvalue weighted by atomic mass is 19.1. The summed E-state index contributed by atoms with van der Waals surface area (Å²) < 4.78 is 13.0. The van der Waals surface area contributed by atoms with Crippen LogP contribution < -0.4 is 10.6 Å². The van der Waals surface area contributed by atoms with Crippen LogP contribution in [0.25, 0.3) is 0 Å². The lowest BCUT2D eigenvalue weighted by atomic mass is 10.0. The molecule has 0 bridgehead atoms. The van der Waals surface area contributed by atoms with Crippen LogP contribution in [0, 0.1) is 23.1 Å². The summed E-state index contributed by atoms with van der Waals surface area (Å²) in [4.78, 5) is 35.0. The van der Waals surface area contributed by atoms with E-state index < -0.39 is 41.6 Å². The van der Waals surface area contributed by atoms with Gasteiger partial charge in [-0.1, -0.05) is 12.1 Å². The van der Waals surface area contributed by atoms with Gasteiger partial charge in [0.2, 0.25) is 11.8 Å². The number of nitrogens with zero attached hydrogens (tertiary/aromatic N) is 1. The first-order chi connectivity index (χ1) is 11.7. The molecule has 1 rings (SSSR count). The van der Waals surface area contributed by atoms with Crippen molar-refractivity contribution >= 4 is 17.8 Å². The molecule has 0 heterocycles. The Balaban J connectivity index is 2.87. The van der Waals surface area contributed by atoms with Crippen molar-refractivity contribution < 1.29 is 23.9 Å². The van der Waals surface area contributed by atoms with Gasteiger partial charge < -0.3 is 15.7 Å². The Morgan fingerprint density at radius 2 is 1.80 bits per heavy atom. The zero-order chi connectivity index (χ0) is 19.0. The van der Waals surface area contributed by atoms with Crippen molar-refractivity contribution in [2.45, 2.75) is 38.8 Å². The molecule has 0 spiro atoms. The average Bonchev–Trinajstić information content (AvgIpc) is 2.54. The Kier molecular flexibility index (Phi) is 7.53. The molecule has 25 heavy (non-hydrogen) atoms. The van der Waals surface area contributed by atoms with Crippen molar-refractivity contribution in [3.05, 3.63) is 35.6 Å². The zero-order valence-corrected chi connectivity index (χ0v) is 14.0. The summed E-state index contributed by atoms with van der Waals surface area (Å²) in [5, 5.41) is 22.8. The number of nitrogens with one attached hydrogen (secondary N) is 2. The second-order valence-corrected chi connectivity index (χ2v) is 5.75. The molecule has 0 aliphatic rings. The lowest BCUT2D eigenvalue weighted by molar-refractivity contribution is -0.142. The van der Waals surface area contributed by atoms with E-state index in [9.17, 15) is 23.9 Å². The predicted molar refractivity (Wildman–Crippen MR) is 86.7 cm³/mol. The number of carboxylic acid groups (broad SMARTS) is 1. The predicted octanol–water partition coefficient (Wildman–Crippen LogP) is 0.992. The number of carbonyl (C=O) groups is 3. The van der Waals surface area contributed by atoms with Gasteiger partial charge in [-0.25, -0.2) is 9.18 Å². The summed E-state index contributed by atoms with van der Waals surface area (Å²) in [6.45, 7) is 2.78. The van der Waals surface area contributed by atoms with E-state index in [1.54, 1.807) is 6.92 Å². The second kappa shape index (κ2) is 9.37. The lowest BCUT2D eigenvalue weighted by Crippen LogP contribution is -2.52. The quantitative estimate of drug-likeness (QED) is 0.647. The van der Waals surface area contributed by atoms with Gasteiger partial charge in [0.1, 0.15) is 17.9 Å². The van der Waals surface area contributed by atoms with Crippen LogP contribution in [0.5, 0.6) is 0 Å². The number of nitriles is 1. The molecule has 0 aliphatic carbocycles. The zero-order valence-electron chi connectivity index (χ0n) is 14.0. The van der Waals surface area contributed by atoms with Crippen LogP contribution in [0.3, 0.4) is 0 Å². The van der Waals surface area contributed by atoms with Gasteiger partial charge in [-0.05, 0) is 31.0 Å². The van der Waals surface area contributed by atoms with Gasteiger partial charge in [-0.2, -0.15) is 5.26 Å². The normalized spacial score (nSPS) is 13.8. The minimum absolute atomic E-state index is 0.0546. The summed E-state index contributed by atoms with van der Waals surface area (Å²) in [7, 11) is 0. The maximum Gasteiger partial charge on any atom is 0.326 e.